The second kappa shape index (κ2) is 11.4. The number of methoxy groups -OCH3 is 1. The summed E-state index contributed by atoms with van der Waals surface area (Å²) in [6, 6.07) is 13.6. The lowest BCUT2D eigenvalue weighted by molar-refractivity contribution is -0.384. The zero-order valence-corrected chi connectivity index (χ0v) is 23.5. The number of hydrogen-bond acceptors (Lipinski definition) is 7. The first-order valence-electron chi connectivity index (χ1n) is 13.0. The number of fused-ring (bicyclic) bond motifs is 1. The van der Waals surface area contributed by atoms with Crippen LogP contribution in [0.25, 0.3) is 22.4 Å². The standard InChI is InChI=1S/C29H24F4N6O5/c1-35(2)16-22-24-26(34-38(22)18-11-13-19(14-12-18)39(42)43)36(15-17-7-4-5-8-20(17)29(31,32)33)28(41)37(27(24)40)21-9-6-10-23(44-3)25(21)30/h4-14H,15-16H2,1-3H3. The van der Waals surface area contributed by atoms with Gasteiger partial charge in [0.25, 0.3) is 11.2 Å². The van der Waals surface area contributed by atoms with Gasteiger partial charge in [-0.1, -0.05) is 24.3 Å². The summed E-state index contributed by atoms with van der Waals surface area (Å²) in [5.41, 5.74) is -3.87. The van der Waals surface area contributed by atoms with Gasteiger partial charge in [-0.25, -0.2) is 18.4 Å². The summed E-state index contributed by atoms with van der Waals surface area (Å²) in [4.78, 5) is 40.5. The summed E-state index contributed by atoms with van der Waals surface area (Å²) in [5, 5.41) is 15.5. The van der Waals surface area contributed by atoms with E-state index in [1.165, 1.54) is 72.5 Å². The Hall–Kier alpha value is -5.31. The van der Waals surface area contributed by atoms with Crippen LogP contribution < -0.4 is 16.0 Å². The topological polar surface area (TPSA) is 117 Å². The molecule has 0 spiro atoms. The monoisotopic (exact) mass is 612 g/mol. The highest BCUT2D eigenvalue weighted by atomic mass is 19.4. The number of nitro groups is 1. The molecule has 11 nitrogen and oxygen atoms in total. The molecule has 3 aromatic carbocycles. The first kappa shape index (κ1) is 30.2. The Balaban J connectivity index is 1.91. The van der Waals surface area contributed by atoms with Gasteiger partial charge in [0.1, 0.15) is 5.39 Å². The number of nitro benzene ring substituents is 1. The van der Waals surface area contributed by atoms with Crippen molar-refractivity contribution >= 4 is 16.7 Å². The van der Waals surface area contributed by atoms with Crippen LogP contribution in [0.4, 0.5) is 23.2 Å². The molecule has 0 saturated carbocycles. The molecule has 44 heavy (non-hydrogen) atoms. The number of non-ortho nitro benzene ring substituents is 1. The molecule has 228 valence electrons. The van der Waals surface area contributed by atoms with E-state index >= 15 is 4.39 Å². The van der Waals surface area contributed by atoms with E-state index in [0.717, 1.165) is 10.6 Å². The zero-order chi connectivity index (χ0) is 31.9. The number of aromatic nitrogens is 4. The molecule has 0 fully saturated rings. The molecule has 0 radical (unpaired) electrons. The van der Waals surface area contributed by atoms with Gasteiger partial charge < -0.3 is 9.64 Å². The molecule has 2 heterocycles. The number of rotatable bonds is 8. The van der Waals surface area contributed by atoms with Crippen molar-refractivity contribution in [2.75, 3.05) is 21.2 Å². The molecular weight excluding hydrogens is 588 g/mol. The van der Waals surface area contributed by atoms with Gasteiger partial charge in [0.05, 0.1) is 41.2 Å². The fourth-order valence-electron chi connectivity index (χ4n) is 4.92. The van der Waals surface area contributed by atoms with Crippen LogP contribution in [0.15, 0.2) is 76.3 Å². The van der Waals surface area contributed by atoms with Gasteiger partial charge >= 0.3 is 11.9 Å². The van der Waals surface area contributed by atoms with Crippen molar-refractivity contribution in [3.05, 3.63) is 120 Å². The summed E-state index contributed by atoms with van der Waals surface area (Å²) in [6.07, 6.45) is -4.76. The van der Waals surface area contributed by atoms with Gasteiger partial charge in [0, 0.05) is 18.7 Å². The summed E-state index contributed by atoms with van der Waals surface area (Å²) in [7, 11) is 4.58. The Morgan fingerprint density at radius 3 is 2.30 bits per heavy atom. The lowest BCUT2D eigenvalue weighted by Gasteiger charge is -2.16. The molecular formula is C29H24F4N6O5. The third kappa shape index (κ3) is 5.32. The summed E-state index contributed by atoms with van der Waals surface area (Å²) in [6.45, 7) is -0.629. The quantitative estimate of drug-likeness (QED) is 0.144. The number of hydrogen-bond donors (Lipinski definition) is 0. The van der Waals surface area contributed by atoms with Crippen molar-refractivity contribution in [3.8, 4) is 17.1 Å². The molecule has 0 aliphatic heterocycles. The van der Waals surface area contributed by atoms with E-state index in [-0.39, 0.29) is 46.0 Å². The van der Waals surface area contributed by atoms with Crippen LogP contribution in [-0.4, -0.2) is 49.9 Å². The predicted octanol–water partition coefficient (Wildman–Crippen LogP) is 4.52. The van der Waals surface area contributed by atoms with E-state index in [2.05, 4.69) is 5.10 Å². The molecule has 15 heteroatoms. The van der Waals surface area contributed by atoms with Crippen LogP contribution in [0.5, 0.6) is 5.75 Å². The maximum atomic E-state index is 15.5. The first-order chi connectivity index (χ1) is 20.8. The molecule has 0 saturated heterocycles. The van der Waals surface area contributed by atoms with Crippen LogP contribution in [-0.2, 0) is 19.3 Å². The molecule has 0 atom stereocenters. The maximum Gasteiger partial charge on any atom is 0.416 e. The van der Waals surface area contributed by atoms with Gasteiger partial charge in [-0.3, -0.25) is 19.5 Å². The minimum atomic E-state index is -4.76. The van der Waals surface area contributed by atoms with Crippen LogP contribution in [0.2, 0.25) is 0 Å². The van der Waals surface area contributed by atoms with E-state index in [9.17, 15) is 32.9 Å². The van der Waals surface area contributed by atoms with Crippen LogP contribution in [0.3, 0.4) is 0 Å². The van der Waals surface area contributed by atoms with Gasteiger partial charge in [0.2, 0.25) is 0 Å². The molecule has 0 unspecified atom stereocenters. The van der Waals surface area contributed by atoms with E-state index in [4.69, 9.17) is 4.74 Å². The van der Waals surface area contributed by atoms with E-state index < -0.39 is 46.0 Å². The van der Waals surface area contributed by atoms with Crippen LogP contribution in [0.1, 0.15) is 16.8 Å². The van der Waals surface area contributed by atoms with Crippen LogP contribution in [0, 0.1) is 15.9 Å². The second-order valence-electron chi connectivity index (χ2n) is 10.0. The summed E-state index contributed by atoms with van der Waals surface area (Å²) >= 11 is 0. The molecule has 0 amide bonds. The number of halogens is 4. The minimum Gasteiger partial charge on any atom is -0.494 e. The van der Waals surface area contributed by atoms with Crippen molar-refractivity contribution in [1.82, 2.24) is 23.8 Å². The normalized spacial score (nSPS) is 11.8. The van der Waals surface area contributed by atoms with Crippen molar-refractivity contribution in [1.29, 1.82) is 0 Å². The molecule has 0 bridgehead atoms. The van der Waals surface area contributed by atoms with E-state index in [1.807, 2.05) is 0 Å². The third-order valence-electron chi connectivity index (χ3n) is 6.88. The Morgan fingerprint density at radius 1 is 1.00 bits per heavy atom. The van der Waals surface area contributed by atoms with E-state index in [0.29, 0.717) is 4.57 Å². The third-order valence-corrected chi connectivity index (χ3v) is 6.88. The summed E-state index contributed by atoms with van der Waals surface area (Å²) in [5.74, 6) is -1.30. The zero-order valence-electron chi connectivity index (χ0n) is 23.5. The molecule has 0 aliphatic carbocycles. The predicted molar refractivity (Wildman–Crippen MR) is 152 cm³/mol. The van der Waals surface area contributed by atoms with Crippen LogP contribution >= 0.6 is 0 Å². The molecule has 0 N–H and O–H groups in total. The van der Waals surface area contributed by atoms with Crippen molar-refractivity contribution in [2.24, 2.45) is 0 Å². The molecule has 5 rings (SSSR count). The van der Waals surface area contributed by atoms with E-state index in [1.54, 1.807) is 19.0 Å². The van der Waals surface area contributed by atoms with Gasteiger partial charge in [0.15, 0.2) is 17.2 Å². The Labute approximate surface area is 245 Å². The van der Waals surface area contributed by atoms with Gasteiger partial charge in [-0.15, -0.1) is 5.10 Å². The van der Waals surface area contributed by atoms with Crippen molar-refractivity contribution in [2.45, 2.75) is 19.3 Å². The fourth-order valence-corrected chi connectivity index (χ4v) is 4.92. The fraction of sp³-hybridized carbons (Fsp3) is 0.207. The highest BCUT2D eigenvalue weighted by Gasteiger charge is 2.34. The number of alkyl halides is 3. The van der Waals surface area contributed by atoms with Gasteiger partial charge in [-0.2, -0.15) is 13.2 Å². The second-order valence-corrected chi connectivity index (χ2v) is 10.0. The van der Waals surface area contributed by atoms with Crippen molar-refractivity contribution < 1.29 is 27.2 Å². The lowest BCUT2D eigenvalue weighted by atomic mass is 10.1. The molecule has 2 aromatic heterocycles. The largest absolute Gasteiger partial charge is 0.494 e. The number of nitrogens with zero attached hydrogens (tertiary/aromatic N) is 6. The Bertz CT molecular complexity index is 2010. The number of benzene rings is 3. The van der Waals surface area contributed by atoms with Gasteiger partial charge in [-0.05, 0) is 50.0 Å². The minimum absolute atomic E-state index is 0.0423. The highest BCUT2D eigenvalue weighted by molar-refractivity contribution is 5.79. The average molecular weight is 613 g/mol. The first-order valence-corrected chi connectivity index (χ1v) is 13.0. The molecule has 5 aromatic rings. The molecule has 0 aliphatic rings. The maximum absolute atomic E-state index is 15.5. The highest BCUT2D eigenvalue weighted by Crippen LogP contribution is 2.33. The Kier molecular flexibility index (Phi) is 7.82. The summed E-state index contributed by atoms with van der Waals surface area (Å²) < 4.78 is 65.1. The van der Waals surface area contributed by atoms with Crippen molar-refractivity contribution in [3.63, 3.8) is 0 Å². The number of ether oxygens (including phenoxy) is 1. The Morgan fingerprint density at radius 2 is 1.68 bits per heavy atom. The average Bonchev–Trinajstić information content (AvgIpc) is 3.34. The smallest absolute Gasteiger partial charge is 0.416 e. The lowest BCUT2D eigenvalue weighted by Crippen LogP contribution is -2.40. The SMILES string of the molecule is COc1cccc(-n2c(=O)c3c(CN(C)C)n(-c4ccc([N+](=O)[O-])cc4)nc3n(Cc3ccccc3C(F)(F)F)c2=O)c1F.